The van der Waals surface area contributed by atoms with Crippen molar-refractivity contribution in [3.05, 3.63) is 16.4 Å². The van der Waals surface area contributed by atoms with E-state index in [-0.39, 0.29) is 6.10 Å². The summed E-state index contributed by atoms with van der Waals surface area (Å²) in [6.45, 7) is 1.90. The molecular formula is C13H21ClN2O. The van der Waals surface area contributed by atoms with E-state index in [4.69, 9.17) is 11.6 Å². The van der Waals surface area contributed by atoms with Crippen LogP contribution in [0.25, 0.3) is 0 Å². The molecular weight excluding hydrogens is 236 g/mol. The number of aryl methyl sites for hydroxylation is 2. The fourth-order valence-electron chi connectivity index (χ4n) is 2.84. The maximum atomic E-state index is 10.1. The highest BCUT2D eigenvalue weighted by molar-refractivity contribution is 6.31. The number of aromatic nitrogens is 2. The van der Waals surface area contributed by atoms with E-state index >= 15 is 0 Å². The average molecular weight is 257 g/mol. The van der Waals surface area contributed by atoms with Crippen LogP contribution < -0.4 is 0 Å². The van der Waals surface area contributed by atoms with Gasteiger partial charge in [0.25, 0.3) is 0 Å². The number of hydrogen-bond donors (Lipinski definition) is 1. The molecule has 1 fully saturated rings. The molecule has 0 saturated heterocycles. The van der Waals surface area contributed by atoms with E-state index in [1.165, 1.54) is 25.7 Å². The van der Waals surface area contributed by atoms with Gasteiger partial charge in [-0.25, -0.2) is 0 Å². The second kappa shape index (κ2) is 5.40. The molecule has 1 aromatic rings. The summed E-state index contributed by atoms with van der Waals surface area (Å²) < 4.78 is 1.79. The van der Waals surface area contributed by atoms with Crippen molar-refractivity contribution < 1.29 is 5.11 Å². The van der Waals surface area contributed by atoms with Crippen molar-refractivity contribution in [1.82, 2.24) is 9.78 Å². The van der Waals surface area contributed by atoms with Gasteiger partial charge in [0.2, 0.25) is 0 Å². The van der Waals surface area contributed by atoms with Crippen LogP contribution in [-0.2, 0) is 13.5 Å². The Balaban J connectivity index is 1.95. The Hall–Kier alpha value is -0.540. The maximum Gasteiger partial charge on any atom is 0.0847 e. The molecule has 1 atom stereocenters. The maximum absolute atomic E-state index is 10.1. The summed E-state index contributed by atoms with van der Waals surface area (Å²) in [5.74, 6) is 0.707. The minimum Gasteiger partial charge on any atom is -0.393 e. The molecule has 1 aliphatic rings. The number of halogens is 1. The molecule has 0 bridgehead atoms. The summed E-state index contributed by atoms with van der Waals surface area (Å²) in [6, 6.07) is 0. The number of aliphatic hydroxyl groups excluding tert-OH is 1. The summed E-state index contributed by atoms with van der Waals surface area (Å²) in [7, 11) is 1.89. The average Bonchev–Trinajstić information content (AvgIpc) is 2.83. The van der Waals surface area contributed by atoms with E-state index in [1.807, 2.05) is 14.0 Å². The lowest BCUT2D eigenvalue weighted by Gasteiger charge is -2.15. The first kappa shape index (κ1) is 12.9. The number of rotatable bonds is 4. The van der Waals surface area contributed by atoms with Crippen molar-refractivity contribution in [2.24, 2.45) is 13.0 Å². The van der Waals surface area contributed by atoms with Crippen molar-refractivity contribution in [3.8, 4) is 0 Å². The van der Waals surface area contributed by atoms with Crippen molar-refractivity contribution in [2.45, 2.75) is 51.6 Å². The first-order chi connectivity index (χ1) is 8.08. The van der Waals surface area contributed by atoms with E-state index in [0.29, 0.717) is 17.4 Å². The molecule has 1 saturated carbocycles. The van der Waals surface area contributed by atoms with E-state index in [9.17, 15) is 5.11 Å². The normalized spacial score (nSPS) is 18.8. The van der Waals surface area contributed by atoms with Gasteiger partial charge < -0.3 is 5.11 Å². The highest BCUT2D eigenvalue weighted by Gasteiger charge is 2.21. The van der Waals surface area contributed by atoms with Gasteiger partial charge in [-0.15, -0.1) is 0 Å². The second-order valence-corrected chi connectivity index (χ2v) is 5.59. The molecule has 3 nitrogen and oxygen atoms in total. The minimum atomic E-state index is -0.287. The SMILES string of the molecule is Cc1nn(C)c(CC(O)CC2CCCC2)c1Cl. The van der Waals surface area contributed by atoms with Gasteiger partial charge >= 0.3 is 0 Å². The van der Waals surface area contributed by atoms with Crippen LogP contribution in [0.3, 0.4) is 0 Å². The standard InChI is InChI=1S/C13H21ClN2O/c1-9-13(14)12(16(2)15-9)8-11(17)7-10-5-3-4-6-10/h10-11,17H,3-8H2,1-2H3. The number of aliphatic hydroxyl groups is 1. The Kier molecular flexibility index (Phi) is 4.10. The Labute approximate surface area is 108 Å². The van der Waals surface area contributed by atoms with Crippen LogP contribution in [0.2, 0.25) is 5.02 Å². The first-order valence-electron chi connectivity index (χ1n) is 6.44. The Morgan fingerprint density at radius 3 is 2.65 bits per heavy atom. The fraction of sp³-hybridized carbons (Fsp3) is 0.769. The summed E-state index contributed by atoms with van der Waals surface area (Å²) in [4.78, 5) is 0. The Morgan fingerprint density at radius 2 is 2.12 bits per heavy atom. The zero-order valence-electron chi connectivity index (χ0n) is 10.6. The van der Waals surface area contributed by atoms with E-state index in [2.05, 4.69) is 5.10 Å². The molecule has 1 aliphatic carbocycles. The molecule has 1 unspecified atom stereocenters. The topological polar surface area (TPSA) is 38.0 Å². The van der Waals surface area contributed by atoms with E-state index < -0.39 is 0 Å². The molecule has 4 heteroatoms. The zero-order chi connectivity index (χ0) is 12.4. The van der Waals surface area contributed by atoms with Gasteiger partial charge in [-0.2, -0.15) is 5.10 Å². The van der Waals surface area contributed by atoms with Gasteiger partial charge in [-0.05, 0) is 19.3 Å². The van der Waals surface area contributed by atoms with Crippen LogP contribution in [0.15, 0.2) is 0 Å². The van der Waals surface area contributed by atoms with E-state index in [0.717, 1.165) is 17.8 Å². The van der Waals surface area contributed by atoms with Gasteiger partial charge in [0.05, 0.1) is 22.5 Å². The zero-order valence-corrected chi connectivity index (χ0v) is 11.4. The molecule has 96 valence electrons. The molecule has 2 rings (SSSR count). The van der Waals surface area contributed by atoms with Gasteiger partial charge in [-0.3, -0.25) is 4.68 Å². The molecule has 1 aromatic heterocycles. The molecule has 1 N–H and O–H groups in total. The largest absolute Gasteiger partial charge is 0.393 e. The Bertz CT molecular complexity index is 383. The summed E-state index contributed by atoms with van der Waals surface area (Å²) in [5.41, 5.74) is 1.80. The van der Waals surface area contributed by atoms with Gasteiger partial charge in [0, 0.05) is 13.5 Å². The number of hydrogen-bond acceptors (Lipinski definition) is 2. The smallest absolute Gasteiger partial charge is 0.0847 e. The van der Waals surface area contributed by atoms with E-state index in [1.54, 1.807) is 4.68 Å². The van der Waals surface area contributed by atoms with Crippen LogP contribution in [0.5, 0.6) is 0 Å². The van der Waals surface area contributed by atoms with Crippen molar-refractivity contribution in [1.29, 1.82) is 0 Å². The predicted molar refractivity (Wildman–Crippen MR) is 69.2 cm³/mol. The molecule has 1 heterocycles. The quantitative estimate of drug-likeness (QED) is 0.900. The third-order valence-corrected chi connectivity index (χ3v) is 4.26. The summed E-state index contributed by atoms with van der Waals surface area (Å²) >= 11 is 6.18. The van der Waals surface area contributed by atoms with Gasteiger partial charge in [0.1, 0.15) is 0 Å². The van der Waals surface area contributed by atoms with Crippen LogP contribution in [0.1, 0.15) is 43.5 Å². The molecule has 0 aliphatic heterocycles. The highest BCUT2D eigenvalue weighted by Crippen LogP contribution is 2.30. The van der Waals surface area contributed by atoms with Crippen LogP contribution >= 0.6 is 11.6 Å². The third-order valence-electron chi connectivity index (χ3n) is 3.77. The number of nitrogens with zero attached hydrogens (tertiary/aromatic N) is 2. The van der Waals surface area contributed by atoms with Crippen LogP contribution in [0.4, 0.5) is 0 Å². The lowest BCUT2D eigenvalue weighted by molar-refractivity contribution is 0.141. The van der Waals surface area contributed by atoms with Crippen molar-refractivity contribution in [2.75, 3.05) is 0 Å². The molecule has 0 aromatic carbocycles. The minimum absolute atomic E-state index is 0.287. The fourth-order valence-corrected chi connectivity index (χ4v) is 3.08. The second-order valence-electron chi connectivity index (χ2n) is 5.21. The van der Waals surface area contributed by atoms with Crippen LogP contribution in [0, 0.1) is 12.8 Å². The molecule has 17 heavy (non-hydrogen) atoms. The molecule has 0 radical (unpaired) electrons. The van der Waals surface area contributed by atoms with Crippen molar-refractivity contribution in [3.63, 3.8) is 0 Å². The lowest BCUT2D eigenvalue weighted by atomic mass is 9.97. The Morgan fingerprint density at radius 1 is 1.47 bits per heavy atom. The summed E-state index contributed by atoms with van der Waals surface area (Å²) in [5, 5.41) is 15.1. The van der Waals surface area contributed by atoms with Gasteiger partial charge in [0.15, 0.2) is 0 Å². The molecule has 0 amide bonds. The third kappa shape index (κ3) is 3.02. The molecule has 0 spiro atoms. The van der Waals surface area contributed by atoms with Crippen LogP contribution in [-0.4, -0.2) is 21.0 Å². The monoisotopic (exact) mass is 256 g/mol. The summed E-state index contributed by atoms with van der Waals surface area (Å²) in [6.07, 6.45) is 6.43. The first-order valence-corrected chi connectivity index (χ1v) is 6.81. The lowest BCUT2D eigenvalue weighted by Crippen LogP contribution is -2.17. The van der Waals surface area contributed by atoms with Gasteiger partial charge in [-0.1, -0.05) is 37.3 Å². The highest BCUT2D eigenvalue weighted by atomic mass is 35.5. The van der Waals surface area contributed by atoms with Crippen molar-refractivity contribution >= 4 is 11.6 Å². The predicted octanol–water partition coefficient (Wildman–Crippen LogP) is 2.87.